The van der Waals surface area contributed by atoms with Gasteiger partial charge in [-0.05, 0) is 19.3 Å². The summed E-state index contributed by atoms with van der Waals surface area (Å²) in [7, 11) is 1.87. The van der Waals surface area contributed by atoms with Gasteiger partial charge in [0.15, 0.2) is 0 Å². The summed E-state index contributed by atoms with van der Waals surface area (Å²) in [6.07, 6.45) is 7.21. The quantitative estimate of drug-likeness (QED) is 0.773. The molecule has 88 valence electrons. The molecule has 1 saturated carbocycles. The van der Waals surface area contributed by atoms with E-state index in [1.54, 1.807) is 0 Å². The lowest BCUT2D eigenvalue weighted by Crippen LogP contribution is -2.46. The van der Waals surface area contributed by atoms with Gasteiger partial charge in [0.2, 0.25) is 5.91 Å². The fraction of sp³-hybridized carbons (Fsp3) is 0.917. The van der Waals surface area contributed by atoms with Crippen LogP contribution in [-0.2, 0) is 4.79 Å². The molecule has 1 amide bonds. The zero-order valence-electron chi connectivity index (χ0n) is 10.1. The molecule has 1 fully saturated rings. The molecule has 0 radical (unpaired) electrons. The zero-order chi connectivity index (χ0) is 11.3. The molecule has 0 spiro atoms. The van der Waals surface area contributed by atoms with Crippen LogP contribution in [0.25, 0.3) is 0 Å². The third-order valence-electron chi connectivity index (χ3n) is 3.34. The zero-order valence-corrected chi connectivity index (χ0v) is 10.1. The molecule has 15 heavy (non-hydrogen) atoms. The molecule has 0 aliphatic heterocycles. The van der Waals surface area contributed by atoms with Gasteiger partial charge in [0, 0.05) is 25.6 Å². The summed E-state index contributed by atoms with van der Waals surface area (Å²) in [4.78, 5) is 13.7. The van der Waals surface area contributed by atoms with Crippen molar-refractivity contribution in [2.75, 3.05) is 13.6 Å². The van der Waals surface area contributed by atoms with Gasteiger partial charge in [-0.2, -0.15) is 0 Å². The van der Waals surface area contributed by atoms with Crippen LogP contribution in [0, 0.1) is 0 Å². The lowest BCUT2D eigenvalue weighted by molar-refractivity contribution is -0.131. The van der Waals surface area contributed by atoms with Crippen molar-refractivity contribution in [2.45, 2.75) is 57.4 Å². The SMILES string of the molecule is CCCN(C)C(=O)CC1(N)CCCCC1. The van der Waals surface area contributed by atoms with Gasteiger partial charge < -0.3 is 10.6 Å². The van der Waals surface area contributed by atoms with Crippen LogP contribution in [0.3, 0.4) is 0 Å². The first-order valence-electron chi connectivity index (χ1n) is 6.10. The molecule has 3 heteroatoms. The van der Waals surface area contributed by atoms with Crippen LogP contribution < -0.4 is 5.73 Å². The number of hydrogen-bond donors (Lipinski definition) is 1. The predicted molar refractivity (Wildman–Crippen MR) is 62.5 cm³/mol. The predicted octanol–water partition coefficient (Wildman–Crippen LogP) is 1.91. The molecule has 1 aliphatic rings. The summed E-state index contributed by atoms with van der Waals surface area (Å²) in [6, 6.07) is 0. The number of carbonyl (C=O) groups is 1. The van der Waals surface area contributed by atoms with E-state index >= 15 is 0 Å². The Balaban J connectivity index is 2.41. The average molecular weight is 212 g/mol. The Hall–Kier alpha value is -0.570. The fourth-order valence-electron chi connectivity index (χ4n) is 2.33. The molecule has 2 N–H and O–H groups in total. The van der Waals surface area contributed by atoms with Crippen molar-refractivity contribution in [3.05, 3.63) is 0 Å². The van der Waals surface area contributed by atoms with Crippen molar-refractivity contribution in [1.29, 1.82) is 0 Å². The minimum Gasteiger partial charge on any atom is -0.346 e. The van der Waals surface area contributed by atoms with E-state index in [1.807, 2.05) is 11.9 Å². The van der Waals surface area contributed by atoms with Crippen molar-refractivity contribution in [3.63, 3.8) is 0 Å². The minimum atomic E-state index is -0.211. The number of nitrogens with two attached hydrogens (primary N) is 1. The van der Waals surface area contributed by atoms with E-state index in [0.29, 0.717) is 6.42 Å². The van der Waals surface area contributed by atoms with E-state index in [2.05, 4.69) is 6.92 Å². The van der Waals surface area contributed by atoms with Gasteiger partial charge in [0.05, 0.1) is 0 Å². The van der Waals surface area contributed by atoms with E-state index in [9.17, 15) is 4.79 Å². The Labute approximate surface area is 93.0 Å². The third-order valence-corrected chi connectivity index (χ3v) is 3.34. The summed E-state index contributed by atoms with van der Waals surface area (Å²) in [6.45, 7) is 2.93. The van der Waals surface area contributed by atoms with Crippen LogP contribution in [0.4, 0.5) is 0 Å². The number of carbonyl (C=O) groups excluding carboxylic acids is 1. The summed E-state index contributed by atoms with van der Waals surface area (Å²) in [5.41, 5.74) is 6.04. The molecule has 0 heterocycles. The molecule has 3 nitrogen and oxygen atoms in total. The monoisotopic (exact) mass is 212 g/mol. The highest BCUT2D eigenvalue weighted by Crippen LogP contribution is 2.28. The Morgan fingerprint density at radius 3 is 2.47 bits per heavy atom. The Morgan fingerprint density at radius 1 is 1.33 bits per heavy atom. The highest BCUT2D eigenvalue weighted by atomic mass is 16.2. The fourth-order valence-corrected chi connectivity index (χ4v) is 2.33. The summed E-state index contributed by atoms with van der Waals surface area (Å²) >= 11 is 0. The highest BCUT2D eigenvalue weighted by Gasteiger charge is 2.30. The van der Waals surface area contributed by atoms with Crippen molar-refractivity contribution in [2.24, 2.45) is 5.73 Å². The van der Waals surface area contributed by atoms with Gasteiger partial charge in [0.1, 0.15) is 0 Å². The lowest BCUT2D eigenvalue weighted by atomic mass is 9.80. The standard InChI is InChI=1S/C12H24N2O/c1-3-9-14(2)11(15)10-12(13)7-5-4-6-8-12/h3-10,13H2,1-2H3. The van der Waals surface area contributed by atoms with Crippen molar-refractivity contribution >= 4 is 5.91 Å². The second kappa shape index (κ2) is 5.50. The first-order valence-corrected chi connectivity index (χ1v) is 6.10. The molecule has 0 aromatic carbocycles. The lowest BCUT2D eigenvalue weighted by Gasteiger charge is -2.34. The number of amides is 1. The minimum absolute atomic E-state index is 0.209. The highest BCUT2D eigenvalue weighted by molar-refractivity contribution is 5.77. The van der Waals surface area contributed by atoms with Crippen LogP contribution in [0.2, 0.25) is 0 Å². The van der Waals surface area contributed by atoms with Gasteiger partial charge in [-0.15, -0.1) is 0 Å². The summed E-state index contributed by atoms with van der Waals surface area (Å²) in [5.74, 6) is 0.209. The molecule has 1 aliphatic carbocycles. The number of rotatable bonds is 4. The van der Waals surface area contributed by atoms with Gasteiger partial charge >= 0.3 is 0 Å². The van der Waals surface area contributed by atoms with E-state index in [-0.39, 0.29) is 11.4 Å². The first-order chi connectivity index (χ1) is 7.07. The Bertz CT molecular complexity index is 210. The van der Waals surface area contributed by atoms with E-state index < -0.39 is 0 Å². The van der Waals surface area contributed by atoms with E-state index in [0.717, 1.165) is 25.8 Å². The second-order valence-electron chi connectivity index (χ2n) is 4.92. The van der Waals surface area contributed by atoms with Crippen molar-refractivity contribution in [3.8, 4) is 0 Å². The third kappa shape index (κ3) is 3.82. The van der Waals surface area contributed by atoms with Crippen LogP contribution in [-0.4, -0.2) is 29.9 Å². The molecule has 0 aromatic heterocycles. The Morgan fingerprint density at radius 2 is 1.93 bits per heavy atom. The molecule has 0 unspecified atom stereocenters. The summed E-state index contributed by atoms with van der Waals surface area (Å²) < 4.78 is 0. The van der Waals surface area contributed by atoms with Crippen LogP contribution in [0.1, 0.15) is 51.9 Å². The molecular weight excluding hydrogens is 188 g/mol. The maximum absolute atomic E-state index is 11.9. The number of hydrogen-bond acceptors (Lipinski definition) is 2. The van der Waals surface area contributed by atoms with Gasteiger partial charge in [0.25, 0.3) is 0 Å². The Kier molecular flexibility index (Phi) is 4.58. The van der Waals surface area contributed by atoms with Crippen LogP contribution in [0.15, 0.2) is 0 Å². The van der Waals surface area contributed by atoms with Crippen molar-refractivity contribution < 1.29 is 4.79 Å². The van der Waals surface area contributed by atoms with Gasteiger partial charge in [-0.25, -0.2) is 0 Å². The van der Waals surface area contributed by atoms with E-state index in [1.165, 1.54) is 19.3 Å². The first kappa shape index (κ1) is 12.5. The van der Waals surface area contributed by atoms with Crippen LogP contribution >= 0.6 is 0 Å². The molecule has 0 aromatic rings. The molecule has 0 saturated heterocycles. The molecular formula is C12H24N2O. The average Bonchev–Trinajstić information content (AvgIpc) is 2.18. The topological polar surface area (TPSA) is 46.3 Å². The largest absolute Gasteiger partial charge is 0.346 e. The smallest absolute Gasteiger partial charge is 0.224 e. The van der Waals surface area contributed by atoms with Crippen molar-refractivity contribution in [1.82, 2.24) is 4.90 Å². The van der Waals surface area contributed by atoms with Gasteiger partial charge in [-0.1, -0.05) is 26.2 Å². The number of nitrogens with zero attached hydrogens (tertiary/aromatic N) is 1. The normalized spacial score (nSPS) is 19.9. The maximum Gasteiger partial charge on any atom is 0.224 e. The van der Waals surface area contributed by atoms with Gasteiger partial charge in [-0.3, -0.25) is 4.79 Å². The summed E-state index contributed by atoms with van der Waals surface area (Å²) in [5, 5.41) is 0. The van der Waals surface area contributed by atoms with Crippen LogP contribution in [0.5, 0.6) is 0 Å². The molecule has 0 atom stereocenters. The van der Waals surface area contributed by atoms with E-state index in [4.69, 9.17) is 5.73 Å². The molecule has 0 bridgehead atoms. The molecule has 1 rings (SSSR count). The maximum atomic E-state index is 11.9. The second-order valence-corrected chi connectivity index (χ2v) is 4.92.